The second-order valence-electron chi connectivity index (χ2n) is 9.19. The van der Waals surface area contributed by atoms with Gasteiger partial charge in [-0.25, -0.2) is 4.79 Å². The molecule has 0 radical (unpaired) electrons. The van der Waals surface area contributed by atoms with Crippen molar-refractivity contribution in [1.29, 1.82) is 0 Å². The minimum absolute atomic E-state index is 0.0167. The number of para-hydroxylation sites is 2. The maximum absolute atomic E-state index is 12.9. The summed E-state index contributed by atoms with van der Waals surface area (Å²) in [7, 11) is 0. The molecule has 2 aliphatic rings. The summed E-state index contributed by atoms with van der Waals surface area (Å²) in [6, 6.07) is 14.8. The molecule has 0 unspecified atom stereocenters. The highest BCUT2D eigenvalue weighted by molar-refractivity contribution is 5.98. The second-order valence-corrected chi connectivity index (χ2v) is 9.19. The molecule has 2 aromatic carbocycles. The molecule has 3 amide bonds. The molecule has 0 aliphatic carbocycles. The van der Waals surface area contributed by atoms with Crippen LogP contribution in [0.15, 0.2) is 48.5 Å². The summed E-state index contributed by atoms with van der Waals surface area (Å²) < 4.78 is 10.9. The third-order valence-electron chi connectivity index (χ3n) is 5.57. The molecule has 0 atom stereocenters. The molecule has 174 valence electrons. The predicted octanol–water partition coefficient (Wildman–Crippen LogP) is 3.31. The van der Waals surface area contributed by atoms with Crippen molar-refractivity contribution in [3.05, 3.63) is 59.7 Å². The van der Waals surface area contributed by atoms with Crippen LogP contribution in [0.5, 0.6) is 5.75 Å². The van der Waals surface area contributed by atoms with Gasteiger partial charge in [-0.15, -0.1) is 0 Å². The Balaban J connectivity index is 1.36. The number of nitrogens with zero attached hydrogens (tertiary/aromatic N) is 3. The van der Waals surface area contributed by atoms with Gasteiger partial charge in [0, 0.05) is 31.7 Å². The van der Waals surface area contributed by atoms with Gasteiger partial charge in [-0.05, 0) is 50.6 Å². The first-order valence-corrected chi connectivity index (χ1v) is 11.1. The number of carbonyl (C=O) groups is 3. The Kier molecular flexibility index (Phi) is 6.26. The minimum Gasteiger partial charge on any atom is -0.482 e. The van der Waals surface area contributed by atoms with Crippen molar-refractivity contribution >= 4 is 23.6 Å². The highest BCUT2D eigenvalue weighted by Crippen LogP contribution is 2.32. The fourth-order valence-corrected chi connectivity index (χ4v) is 3.86. The molecular formula is C25H29N3O5. The largest absolute Gasteiger partial charge is 0.482 e. The van der Waals surface area contributed by atoms with Crippen molar-refractivity contribution in [2.75, 3.05) is 37.7 Å². The van der Waals surface area contributed by atoms with E-state index < -0.39 is 5.60 Å². The van der Waals surface area contributed by atoms with Crippen molar-refractivity contribution < 1.29 is 23.9 Å². The Bertz CT molecular complexity index is 1040. The van der Waals surface area contributed by atoms with Gasteiger partial charge in [0.2, 0.25) is 0 Å². The molecule has 0 aromatic heterocycles. The third kappa shape index (κ3) is 5.27. The zero-order valence-electron chi connectivity index (χ0n) is 19.2. The number of ether oxygens (including phenoxy) is 2. The fourth-order valence-electron chi connectivity index (χ4n) is 3.86. The van der Waals surface area contributed by atoms with Gasteiger partial charge in [-0.2, -0.15) is 0 Å². The van der Waals surface area contributed by atoms with Gasteiger partial charge in [0.15, 0.2) is 6.61 Å². The number of hydrogen-bond acceptors (Lipinski definition) is 5. The number of carbonyl (C=O) groups excluding carboxylic acids is 3. The molecule has 2 aliphatic heterocycles. The van der Waals surface area contributed by atoms with Crippen LogP contribution in [0.1, 0.15) is 36.7 Å². The first kappa shape index (κ1) is 22.6. The van der Waals surface area contributed by atoms with E-state index in [-0.39, 0.29) is 24.5 Å². The van der Waals surface area contributed by atoms with Crippen LogP contribution < -0.4 is 9.64 Å². The molecule has 8 heteroatoms. The van der Waals surface area contributed by atoms with Crippen molar-refractivity contribution in [1.82, 2.24) is 9.80 Å². The van der Waals surface area contributed by atoms with Gasteiger partial charge in [0.1, 0.15) is 11.4 Å². The lowest BCUT2D eigenvalue weighted by molar-refractivity contribution is -0.121. The lowest BCUT2D eigenvalue weighted by atomic mass is 10.1. The van der Waals surface area contributed by atoms with Gasteiger partial charge in [0.25, 0.3) is 11.8 Å². The molecule has 2 aromatic rings. The number of piperazine rings is 1. The summed E-state index contributed by atoms with van der Waals surface area (Å²) in [5, 5.41) is 0. The Labute approximate surface area is 193 Å². The second kappa shape index (κ2) is 9.13. The van der Waals surface area contributed by atoms with Crippen LogP contribution in [0, 0.1) is 0 Å². The first-order chi connectivity index (χ1) is 15.7. The lowest BCUT2D eigenvalue weighted by Crippen LogP contribution is -2.51. The van der Waals surface area contributed by atoms with E-state index in [0.717, 1.165) is 11.3 Å². The Hall–Kier alpha value is -3.55. The van der Waals surface area contributed by atoms with Gasteiger partial charge >= 0.3 is 6.09 Å². The highest BCUT2D eigenvalue weighted by Gasteiger charge is 2.28. The van der Waals surface area contributed by atoms with Crippen molar-refractivity contribution in [3.63, 3.8) is 0 Å². The molecular weight excluding hydrogens is 422 g/mol. The van der Waals surface area contributed by atoms with E-state index in [0.29, 0.717) is 44.0 Å². The van der Waals surface area contributed by atoms with Crippen LogP contribution in [0.3, 0.4) is 0 Å². The van der Waals surface area contributed by atoms with E-state index in [4.69, 9.17) is 9.47 Å². The number of anilines is 1. The Morgan fingerprint density at radius 3 is 2.24 bits per heavy atom. The molecule has 0 spiro atoms. The van der Waals surface area contributed by atoms with E-state index in [1.807, 2.05) is 57.2 Å². The van der Waals surface area contributed by atoms with Crippen LogP contribution in [0.25, 0.3) is 0 Å². The summed E-state index contributed by atoms with van der Waals surface area (Å²) in [6.07, 6.45) is -0.349. The number of amides is 3. The van der Waals surface area contributed by atoms with Crippen LogP contribution in [-0.2, 0) is 16.1 Å². The van der Waals surface area contributed by atoms with E-state index in [9.17, 15) is 14.4 Å². The molecule has 0 saturated carbocycles. The summed E-state index contributed by atoms with van der Waals surface area (Å²) in [5.74, 6) is 0.518. The quantitative estimate of drug-likeness (QED) is 0.716. The van der Waals surface area contributed by atoms with E-state index >= 15 is 0 Å². The average Bonchev–Trinajstić information content (AvgIpc) is 2.80. The summed E-state index contributed by atoms with van der Waals surface area (Å²) in [5.41, 5.74) is 1.71. The SMILES string of the molecule is CC(C)(C)OC(=O)N1CCN(C(=O)c2ccc(CN3C(=O)COc4ccccc43)cc2)CC1. The first-order valence-electron chi connectivity index (χ1n) is 11.1. The topological polar surface area (TPSA) is 79.4 Å². The molecule has 0 N–H and O–H groups in total. The van der Waals surface area contributed by atoms with Crippen molar-refractivity contribution in [3.8, 4) is 5.75 Å². The maximum atomic E-state index is 12.9. The monoisotopic (exact) mass is 451 g/mol. The Morgan fingerprint density at radius 1 is 0.939 bits per heavy atom. The van der Waals surface area contributed by atoms with E-state index in [1.54, 1.807) is 26.8 Å². The van der Waals surface area contributed by atoms with Crippen LogP contribution in [-0.4, -0.2) is 66.1 Å². The third-order valence-corrected chi connectivity index (χ3v) is 5.57. The van der Waals surface area contributed by atoms with Crippen LogP contribution in [0.2, 0.25) is 0 Å². The molecule has 4 rings (SSSR count). The van der Waals surface area contributed by atoms with Gasteiger partial charge in [0.05, 0.1) is 12.2 Å². The number of benzene rings is 2. The maximum Gasteiger partial charge on any atom is 0.410 e. The smallest absolute Gasteiger partial charge is 0.410 e. The Morgan fingerprint density at radius 2 is 1.58 bits per heavy atom. The number of hydrogen-bond donors (Lipinski definition) is 0. The number of fused-ring (bicyclic) bond motifs is 1. The average molecular weight is 452 g/mol. The zero-order chi connectivity index (χ0) is 23.6. The van der Waals surface area contributed by atoms with Crippen molar-refractivity contribution in [2.45, 2.75) is 32.9 Å². The highest BCUT2D eigenvalue weighted by atomic mass is 16.6. The van der Waals surface area contributed by atoms with Crippen molar-refractivity contribution in [2.24, 2.45) is 0 Å². The van der Waals surface area contributed by atoms with Gasteiger partial charge in [-0.1, -0.05) is 24.3 Å². The van der Waals surface area contributed by atoms with Crippen LogP contribution >= 0.6 is 0 Å². The fraction of sp³-hybridized carbons (Fsp3) is 0.400. The van der Waals surface area contributed by atoms with Gasteiger partial charge < -0.3 is 24.2 Å². The zero-order valence-corrected chi connectivity index (χ0v) is 19.2. The molecule has 1 saturated heterocycles. The predicted molar refractivity (Wildman–Crippen MR) is 123 cm³/mol. The number of rotatable bonds is 3. The van der Waals surface area contributed by atoms with E-state index in [2.05, 4.69) is 0 Å². The molecule has 8 nitrogen and oxygen atoms in total. The molecule has 0 bridgehead atoms. The van der Waals surface area contributed by atoms with Gasteiger partial charge in [-0.3, -0.25) is 9.59 Å². The normalized spacial score (nSPS) is 16.2. The summed E-state index contributed by atoms with van der Waals surface area (Å²) >= 11 is 0. The summed E-state index contributed by atoms with van der Waals surface area (Å²) in [6.45, 7) is 7.73. The van der Waals surface area contributed by atoms with Crippen LogP contribution in [0.4, 0.5) is 10.5 Å². The molecule has 1 fully saturated rings. The lowest BCUT2D eigenvalue weighted by Gasteiger charge is -2.35. The minimum atomic E-state index is -0.542. The molecule has 2 heterocycles. The molecule has 33 heavy (non-hydrogen) atoms. The standard InChI is InChI=1S/C25H29N3O5/c1-25(2,3)33-24(31)27-14-12-26(13-15-27)23(30)19-10-8-18(9-11-19)16-28-20-6-4-5-7-21(20)32-17-22(28)29/h4-11H,12-17H2,1-3H3. The summed E-state index contributed by atoms with van der Waals surface area (Å²) in [4.78, 5) is 42.6. The van der Waals surface area contributed by atoms with E-state index in [1.165, 1.54) is 0 Å².